The summed E-state index contributed by atoms with van der Waals surface area (Å²) in [6.07, 6.45) is 3.61. The Labute approximate surface area is 150 Å². The number of nitrogens with one attached hydrogen (secondary N) is 1. The fourth-order valence-corrected chi connectivity index (χ4v) is 5.40. The third kappa shape index (κ3) is 4.31. The zero-order valence-corrected chi connectivity index (χ0v) is 15.8. The van der Waals surface area contributed by atoms with Crippen LogP contribution in [-0.2, 0) is 9.84 Å². The number of sulfone groups is 1. The first-order valence-corrected chi connectivity index (χ1v) is 10.8. The summed E-state index contributed by atoms with van der Waals surface area (Å²) >= 11 is 0. The number of aryl methyl sites for hydroxylation is 2. The van der Waals surface area contributed by atoms with Crippen molar-refractivity contribution in [2.24, 2.45) is 0 Å². The Morgan fingerprint density at radius 3 is 2.40 bits per heavy atom. The summed E-state index contributed by atoms with van der Waals surface area (Å²) in [6, 6.07) is 4.95. The molecule has 1 aromatic rings. The third-order valence-electron chi connectivity index (χ3n) is 5.43. The summed E-state index contributed by atoms with van der Waals surface area (Å²) < 4.78 is 23.2. The van der Waals surface area contributed by atoms with E-state index in [-0.39, 0.29) is 0 Å². The Hall–Kier alpha value is -1.65. The van der Waals surface area contributed by atoms with Crippen molar-refractivity contribution >= 4 is 15.7 Å². The van der Waals surface area contributed by atoms with Crippen LogP contribution in [0.25, 0.3) is 0 Å². The van der Waals surface area contributed by atoms with Crippen LogP contribution in [0.15, 0.2) is 6.07 Å². The molecule has 0 aliphatic carbocycles. The van der Waals surface area contributed by atoms with Crippen LogP contribution in [-0.4, -0.2) is 55.0 Å². The van der Waals surface area contributed by atoms with E-state index in [1.165, 1.54) is 0 Å². The number of nitriles is 1. The van der Waals surface area contributed by atoms with E-state index in [1.54, 1.807) is 0 Å². The average Bonchev–Trinajstić information content (AvgIpc) is 2.55. The zero-order chi connectivity index (χ0) is 18.0. The lowest BCUT2D eigenvalue weighted by molar-refractivity contribution is 0.147. The molecule has 136 valence electrons. The number of anilines is 1. The summed E-state index contributed by atoms with van der Waals surface area (Å²) in [5, 5.41) is 12.7. The first-order valence-electron chi connectivity index (χ1n) is 8.97. The normalized spacial score (nSPS) is 22.4. The van der Waals surface area contributed by atoms with Gasteiger partial charge in [0.05, 0.1) is 22.8 Å². The predicted octanol–water partition coefficient (Wildman–Crippen LogP) is 2.02. The molecule has 3 heterocycles. The van der Waals surface area contributed by atoms with Gasteiger partial charge in [0, 0.05) is 25.2 Å². The SMILES string of the molecule is Cc1cc(NC2CCN(C3CCS(=O)(=O)CC3)CC2)nc(C)c1C#N. The van der Waals surface area contributed by atoms with E-state index in [0.29, 0.717) is 29.2 Å². The molecule has 0 bridgehead atoms. The van der Waals surface area contributed by atoms with Crippen molar-refractivity contribution in [1.29, 1.82) is 5.26 Å². The molecule has 1 N–H and O–H groups in total. The molecule has 25 heavy (non-hydrogen) atoms. The predicted molar refractivity (Wildman–Crippen MR) is 98.3 cm³/mol. The van der Waals surface area contributed by atoms with Crippen molar-refractivity contribution in [3.05, 3.63) is 22.9 Å². The first-order chi connectivity index (χ1) is 11.9. The highest BCUT2D eigenvalue weighted by atomic mass is 32.2. The summed E-state index contributed by atoms with van der Waals surface area (Å²) in [7, 11) is -2.79. The topological polar surface area (TPSA) is 86.1 Å². The third-order valence-corrected chi connectivity index (χ3v) is 7.15. The van der Waals surface area contributed by atoms with Crippen molar-refractivity contribution in [2.75, 3.05) is 29.9 Å². The van der Waals surface area contributed by atoms with Gasteiger partial charge in [0.1, 0.15) is 21.7 Å². The molecule has 1 aromatic heterocycles. The van der Waals surface area contributed by atoms with Gasteiger partial charge in [-0.1, -0.05) is 0 Å². The van der Waals surface area contributed by atoms with Gasteiger partial charge < -0.3 is 10.2 Å². The lowest BCUT2D eigenvalue weighted by Gasteiger charge is -2.39. The molecule has 3 rings (SSSR count). The summed E-state index contributed by atoms with van der Waals surface area (Å²) in [5.74, 6) is 1.52. The molecular formula is C18H26N4O2S. The number of rotatable bonds is 3. The average molecular weight is 362 g/mol. The Balaban J connectivity index is 1.54. The summed E-state index contributed by atoms with van der Waals surface area (Å²) in [6.45, 7) is 5.81. The second-order valence-electron chi connectivity index (χ2n) is 7.23. The zero-order valence-electron chi connectivity index (χ0n) is 15.0. The van der Waals surface area contributed by atoms with E-state index >= 15 is 0 Å². The number of hydrogen-bond donors (Lipinski definition) is 1. The van der Waals surface area contributed by atoms with E-state index in [9.17, 15) is 8.42 Å². The number of piperidine rings is 1. The van der Waals surface area contributed by atoms with Crippen LogP contribution >= 0.6 is 0 Å². The molecule has 0 atom stereocenters. The monoisotopic (exact) mass is 362 g/mol. The lowest BCUT2D eigenvalue weighted by Crippen LogP contribution is -2.47. The van der Waals surface area contributed by atoms with Crippen LogP contribution < -0.4 is 5.32 Å². The smallest absolute Gasteiger partial charge is 0.150 e. The van der Waals surface area contributed by atoms with Crippen LogP contribution in [0.1, 0.15) is 42.5 Å². The fourth-order valence-electron chi connectivity index (χ4n) is 3.94. The van der Waals surface area contributed by atoms with Crippen LogP contribution in [0.2, 0.25) is 0 Å². The summed E-state index contributed by atoms with van der Waals surface area (Å²) in [5.41, 5.74) is 2.39. The molecule has 0 saturated carbocycles. The lowest BCUT2D eigenvalue weighted by atomic mass is 10.0. The minimum absolute atomic E-state index is 0.337. The molecule has 0 spiro atoms. The molecule has 0 unspecified atom stereocenters. The van der Waals surface area contributed by atoms with Crippen molar-refractivity contribution in [3.8, 4) is 6.07 Å². The number of pyridine rings is 1. The van der Waals surface area contributed by atoms with Gasteiger partial charge in [-0.3, -0.25) is 0 Å². The largest absolute Gasteiger partial charge is 0.367 e. The second kappa shape index (κ2) is 7.30. The molecule has 7 heteroatoms. The standard InChI is InChI=1S/C18H26N4O2S/c1-13-11-18(20-14(2)17(13)12-19)21-15-3-7-22(8-4-15)16-5-9-25(23,24)10-6-16/h11,15-16H,3-10H2,1-2H3,(H,20,21). The molecule has 2 fully saturated rings. The van der Waals surface area contributed by atoms with E-state index in [2.05, 4.69) is 21.3 Å². The van der Waals surface area contributed by atoms with Crippen LogP contribution in [0, 0.1) is 25.2 Å². The molecule has 2 saturated heterocycles. The second-order valence-corrected chi connectivity index (χ2v) is 9.54. The summed E-state index contributed by atoms with van der Waals surface area (Å²) in [4.78, 5) is 6.96. The minimum Gasteiger partial charge on any atom is -0.367 e. The van der Waals surface area contributed by atoms with Gasteiger partial charge in [0.25, 0.3) is 0 Å². The van der Waals surface area contributed by atoms with Crippen molar-refractivity contribution in [2.45, 2.75) is 51.6 Å². The highest BCUT2D eigenvalue weighted by Gasteiger charge is 2.30. The maximum Gasteiger partial charge on any atom is 0.150 e. The highest BCUT2D eigenvalue weighted by Crippen LogP contribution is 2.24. The first kappa shape index (κ1) is 18.2. The van der Waals surface area contributed by atoms with Crippen LogP contribution in [0.3, 0.4) is 0 Å². The van der Waals surface area contributed by atoms with Gasteiger partial charge in [-0.05, 0) is 51.2 Å². The fraction of sp³-hybridized carbons (Fsp3) is 0.667. The van der Waals surface area contributed by atoms with Crippen molar-refractivity contribution < 1.29 is 8.42 Å². The van der Waals surface area contributed by atoms with E-state index in [0.717, 1.165) is 55.8 Å². The van der Waals surface area contributed by atoms with Gasteiger partial charge in [-0.15, -0.1) is 0 Å². The molecule has 0 aromatic carbocycles. The highest BCUT2D eigenvalue weighted by molar-refractivity contribution is 7.91. The Bertz CT molecular complexity index is 740. The van der Waals surface area contributed by atoms with E-state index in [1.807, 2.05) is 19.9 Å². The quantitative estimate of drug-likeness (QED) is 0.885. The molecule has 2 aliphatic heterocycles. The number of aromatic nitrogens is 1. The Morgan fingerprint density at radius 1 is 1.20 bits per heavy atom. The van der Waals surface area contributed by atoms with E-state index < -0.39 is 9.84 Å². The maximum atomic E-state index is 11.6. The van der Waals surface area contributed by atoms with Crippen molar-refractivity contribution in [1.82, 2.24) is 9.88 Å². The van der Waals surface area contributed by atoms with Gasteiger partial charge >= 0.3 is 0 Å². The number of hydrogen-bond acceptors (Lipinski definition) is 6. The van der Waals surface area contributed by atoms with Crippen LogP contribution in [0.4, 0.5) is 5.82 Å². The van der Waals surface area contributed by atoms with Gasteiger partial charge in [-0.25, -0.2) is 13.4 Å². The van der Waals surface area contributed by atoms with E-state index in [4.69, 9.17) is 5.26 Å². The Kier molecular flexibility index (Phi) is 5.30. The molecule has 0 amide bonds. The van der Waals surface area contributed by atoms with Gasteiger partial charge in [0.15, 0.2) is 0 Å². The molecule has 2 aliphatic rings. The molecule has 6 nitrogen and oxygen atoms in total. The van der Waals surface area contributed by atoms with Crippen molar-refractivity contribution in [3.63, 3.8) is 0 Å². The minimum atomic E-state index is -2.79. The maximum absolute atomic E-state index is 11.6. The molecular weight excluding hydrogens is 336 g/mol. The number of nitrogens with zero attached hydrogens (tertiary/aromatic N) is 3. The van der Waals surface area contributed by atoms with Gasteiger partial charge in [-0.2, -0.15) is 5.26 Å². The Morgan fingerprint density at radius 2 is 1.84 bits per heavy atom. The molecule has 0 radical (unpaired) electrons. The number of likely N-dealkylation sites (tertiary alicyclic amines) is 1. The van der Waals surface area contributed by atoms with Gasteiger partial charge in [0.2, 0.25) is 0 Å². The van der Waals surface area contributed by atoms with Crippen LogP contribution in [0.5, 0.6) is 0 Å².